The zero-order valence-corrected chi connectivity index (χ0v) is 26.3. The third-order valence-electron chi connectivity index (χ3n) is 9.26. The normalized spacial score (nSPS) is 11.5. The van der Waals surface area contributed by atoms with Gasteiger partial charge in [0.25, 0.3) is 0 Å². The molecule has 0 aromatic heterocycles. The summed E-state index contributed by atoms with van der Waals surface area (Å²) < 4.78 is 6.80. The van der Waals surface area contributed by atoms with Crippen LogP contribution >= 0.6 is 0 Å². The van der Waals surface area contributed by atoms with Gasteiger partial charge in [0, 0.05) is 28.2 Å². The molecule has 0 amide bonds. The summed E-state index contributed by atoms with van der Waals surface area (Å²) in [6, 6.07) is 66.8. The minimum absolute atomic E-state index is 0.841. The molecule has 1 aliphatic rings. The Kier molecular flexibility index (Phi) is 6.84. The fraction of sp³-hybridized carbons (Fsp3) is 0. The van der Waals surface area contributed by atoms with E-state index >= 15 is 0 Å². The molecular formula is C46H31NO. The van der Waals surface area contributed by atoms with Crippen molar-refractivity contribution in [2.45, 2.75) is 0 Å². The predicted molar refractivity (Wildman–Crippen MR) is 200 cm³/mol. The first-order chi connectivity index (χ1) is 23.8. The molecule has 0 radical (unpaired) electrons. The van der Waals surface area contributed by atoms with E-state index in [0.717, 1.165) is 56.4 Å². The van der Waals surface area contributed by atoms with Crippen molar-refractivity contribution in [3.8, 4) is 56.0 Å². The van der Waals surface area contributed by atoms with Crippen LogP contribution in [0.2, 0.25) is 0 Å². The van der Waals surface area contributed by atoms with Gasteiger partial charge in [-0.2, -0.15) is 0 Å². The van der Waals surface area contributed by atoms with Crippen molar-refractivity contribution in [1.82, 2.24) is 0 Å². The van der Waals surface area contributed by atoms with Gasteiger partial charge < -0.3 is 9.64 Å². The van der Waals surface area contributed by atoms with Gasteiger partial charge in [-0.25, -0.2) is 0 Å². The largest absolute Gasteiger partial charge is 0.456 e. The summed E-state index contributed by atoms with van der Waals surface area (Å²) in [6.07, 6.45) is 0. The summed E-state index contributed by atoms with van der Waals surface area (Å²) in [4.78, 5) is 2.34. The fourth-order valence-electron chi connectivity index (χ4n) is 6.86. The van der Waals surface area contributed by atoms with Crippen LogP contribution < -0.4 is 9.64 Å². The topological polar surface area (TPSA) is 12.5 Å². The highest BCUT2D eigenvalue weighted by atomic mass is 16.5. The lowest BCUT2D eigenvalue weighted by Gasteiger charge is -2.27. The molecule has 0 unspecified atom stereocenters. The Bertz CT molecular complexity index is 2410. The average molecular weight is 614 g/mol. The summed E-state index contributed by atoms with van der Waals surface area (Å²) in [6.45, 7) is 0. The molecule has 0 aliphatic carbocycles. The molecule has 0 bridgehead atoms. The lowest BCUT2D eigenvalue weighted by molar-refractivity contribution is 0.488. The number of hydrogen-bond donors (Lipinski definition) is 0. The van der Waals surface area contributed by atoms with E-state index in [1.54, 1.807) is 0 Å². The molecule has 2 nitrogen and oxygen atoms in total. The number of anilines is 3. The Labute approximate surface area is 280 Å². The second kappa shape index (κ2) is 11.8. The van der Waals surface area contributed by atoms with Gasteiger partial charge in [0.1, 0.15) is 11.5 Å². The molecule has 0 saturated carbocycles. The van der Waals surface area contributed by atoms with Crippen molar-refractivity contribution in [3.63, 3.8) is 0 Å². The smallest absolute Gasteiger partial charge is 0.135 e. The van der Waals surface area contributed by atoms with Gasteiger partial charge >= 0.3 is 0 Å². The maximum atomic E-state index is 6.80. The van der Waals surface area contributed by atoms with Crippen molar-refractivity contribution >= 4 is 27.8 Å². The summed E-state index contributed by atoms with van der Waals surface area (Å²) in [5.41, 5.74) is 12.4. The number of nitrogens with zero attached hydrogens (tertiary/aromatic N) is 1. The first kappa shape index (κ1) is 27.9. The Hall–Kier alpha value is -6.38. The number of fused-ring (bicyclic) bond motifs is 6. The molecule has 1 aliphatic heterocycles. The van der Waals surface area contributed by atoms with Gasteiger partial charge in [-0.05, 0) is 98.8 Å². The lowest BCUT2D eigenvalue weighted by atomic mass is 9.93. The lowest BCUT2D eigenvalue weighted by Crippen LogP contribution is -2.10. The molecule has 0 atom stereocenters. The van der Waals surface area contributed by atoms with Crippen LogP contribution in [-0.2, 0) is 0 Å². The monoisotopic (exact) mass is 613 g/mol. The molecule has 9 rings (SSSR count). The molecule has 48 heavy (non-hydrogen) atoms. The summed E-state index contributed by atoms with van der Waals surface area (Å²) in [5, 5.41) is 2.42. The van der Waals surface area contributed by atoms with E-state index in [4.69, 9.17) is 4.74 Å². The van der Waals surface area contributed by atoms with Crippen LogP contribution in [0.5, 0.6) is 11.5 Å². The van der Waals surface area contributed by atoms with Crippen molar-refractivity contribution < 1.29 is 4.74 Å². The van der Waals surface area contributed by atoms with E-state index in [2.05, 4.69) is 187 Å². The van der Waals surface area contributed by atoms with Crippen molar-refractivity contribution in [1.29, 1.82) is 0 Å². The summed E-state index contributed by atoms with van der Waals surface area (Å²) >= 11 is 0. The molecule has 226 valence electrons. The van der Waals surface area contributed by atoms with E-state index in [9.17, 15) is 0 Å². The third-order valence-corrected chi connectivity index (χ3v) is 9.26. The van der Waals surface area contributed by atoms with E-state index < -0.39 is 0 Å². The van der Waals surface area contributed by atoms with Gasteiger partial charge in [0.15, 0.2) is 0 Å². The molecule has 8 aromatic carbocycles. The zero-order valence-electron chi connectivity index (χ0n) is 26.3. The van der Waals surface area contributed by atoms with Crippen LogP contribution in [0.1, 0.15) is 0 Å². The second-order valence-electron chi connectivity index (χ2n) is 12.2. The van der Waals surface area contributed by atoms with Crippen molar-refractivity contribution in [2.75, 3.05) is 4.90 Å². The Balaban J connectivity index is 1.19. The minimum atomic E-state index is 0.841. The van der Waals surface area contributed by atoms with Crippen LogP contribution in [0.3, 0.4) is 0 Å². The maximum Gasteiger partial charge on any atom is 0.135 e. The number of benzene rings is 8. The van der Waals surface area contributed by atoms with E-state index in [1.807, 2.05) is 6.07 Å². The van der Waals surface area contributed by atoms with Crippen LogP contribution in [0.15, 0.2) is 188 Å². The maximum absolute atomic E-state index is 6.80. The number of rotatable bonds is 5. The standard InChI is InChI=1S/C46H31NO/c1-3-11-32(12-4-1)35-19-23-38(24-20-35)47(39-25-21-34-15-7-8-16-36(34)29-39)40-26-28-45-44(31-40)42-18-10-9-17-41(42)43-27-22-37(30-46(43)48-45)33-13-5-2-6-14-33/h1-31H. The molecule has 8 aromatic rings. The van der Waals surface area contributed by atoms with Crippen molar-refractivity contribution in [3.05, 3.63) is 188 Å². The second-order valence-corrected chi connectivity index (χ2v) is 12.2. The molecule has 0 fully saturated rings. The van der Waals surface area contributed by atoms with E-state index in [1.165, 1.54) is 27.5 Å². The molecule has 1 heterocycles. The molecule has 0 saturated heterocycles. The van der Waals surface area contributed by atoms with Crippen molar-refractivity contribution in [2.24, 2.45) is 0 Å². The Morgan fingerprint density at radius 2 is 0.833 bits per heavy atom. The summed E-state index contributed by atoms with van der Waals surface area (Å²) in [7, 11) is 0. The first-order valence-corrected chi connectivity index (χ1v) is 16.3. The SMILES string of the molecule is c1ccc(-c2ccc(N(c3ccc4c(c3)-c3ccccc3-c3ccc(-c5ccccc5)cc3O4)c3ccc4ccccc4c3)cc2)cc1. The minimum Gasteiger partial charge on any atom is -0.456 e. The van der Waals surface area contributed by atoms with Crippen LogP contribution in [0.4, 0.5) is 17.1 Å². The van der Waals surface area contributed by atoms with Gasteiger partial charge in [0.2, 0.25) is 0 Å². The molecular weight excluding hydrogens is 583 g/mol. The van der Waals surface area contributed by atoms with E-state index in [-0.39, 0.29) is 0 Å². The highest BCUT2D eigenvalue weighted by Crippen LogP contribution is 2.49. The molecule has 0 spiro atoms. The number of hydrogen-bond acceptors (Lipinski definition) is 2. The quantitative estimate of drug-likeness (QED) is 0.191. The Morgan fingerprint density at radius 1 is 0.292 bits per heavy atom. The van der Waals surface area contributed by atoms with E-state index in [0.29, 0.717) is 0 Å². The van der Waals surface area contributed by atoms with Gasteiger partial charge in [-0.15, -0.1) is 0 Å². The summed E-state index contributed by atoms with van der Waals surface area (Å²) in [5.74, 6) is 1.70. The molecule has 0 N–H and O–H groups in total. The highest BCUT2D eigenvalue weighted by molar-refractivity contribution is 5.95. The van der Waals surface area contributed by atoms with Gasteiger partial charge in [-0.1, -0.05) is 133 Å². The fourth-order valence-corrected chi connectivity index (χ4v) is 6.86. The first-order valence-electron chi connectivity index (χ1n) is 16.3. The predicted octanol–water partition coefficient (Wildman–Crippen LogP) is 13.1. The van der Waals surface area contributed by atoms with Gasteiger partial charge in [0.05, 0.1) is 0 Å². The highest BCUT2D eigenvalue weighted by Gasteiger charge is 2.23. The average Bonchev–Trinajstić information content (AvgIpc) is 3.30. The Morgan fingerprint density at radius 3 is 1.58 bits per heavy atom. The van der Waals surface area contributed by atoms with Crippen LogP contribution in [-0.4, -0.2) is 0 Å². The molecule has 2 heteroatoms. The zero-order chi connectivity index (χ0) is 31.9. The van der Waals surface area contributed by atoms with Gasteiger partial charge in [-0.3, -0.25) is 0 Å². The third kappa shape index (κ3) is 5.01. The number of ether oxygens (including phenoxy) is 1. The van der Waals surface area contributed by atoms with Crippen LogP contribution in [0.25, 0.3) is 55.3 Å². The van der Waals surface area contributed by atoms with Crippen LogP contribution in [0, 0.1) is 0 Å².